The van der Waals surface area contributed by atoms with Crippen molar-refractivity contribution >= 4 is 28.3 Å². The van der Waals surface area contributed by atoms with Crippen LogP contribution in [0.25, 0.3) is 11.0 Å². The lowest BCUT2D eigenvalue weighted by atomic mass is 9.95. The number of Topliss-reactive ketones (excluding diaryl/α,β-unsaturated/α-hetero) is 1. The summed E-state index contributed by atoms with van der Waals surface area (Å²) in [6.07, 6.45) is 3.14. The van der Waals surface area contributed by atoms with Crippen molar-refractivity contribution in [3.63, 3.8) is 0 Å². The second kappa shape index (κ2) is 7.70. The minimum atomic E-state index is -0.863. The van der Waals surface area contributed by atoms with Crippen LogP contribution in [-0.4, -0.2) is 28.9 Å². The molecule has 0 radical (unpaired) electrons. The van der Waals surface area contributed by atoms with Gasteiger partial charge in [-0.05, 0) is 42.0 Å². The van der Waals surface area contributed by atoms with Gasteiger partial charge < -0.3 is 14.3 Å². The van der Waals surface area contributed by atoms with Crippen molar-refractivity contribution in [1.29, 1.82) is 0 Å². The molecule has 5 rings (SSSR count). The molecule has 2 aromatic carbocycles. The second-order valence-electron chi connectivity index (χ2n) is 7.30. The van der Waals surface area contributed by atoms with Crippen LogP contribution in [0.15, 0.2) is 94.9 Å². The highest BCUT2D eigenvalue weighted by molar-refractivity contribution is 6.20. The molecule has 1 unspecified atom stereocenters. The molecule has 7 nitrogen and oxygen atoms in total. The topological polar surface area (TPSA) is 92.9 Å². The molecule has 1 atom stereocenters. The van der Waals surface area contributed by atoms with E-state index in [1.807, 2.05) is 12.1 Å². The standard InChI is InChI=1S/C25H18N2O5/c1-31-18-7-4-6-17(14-18)27-22(15-9-11-26-12-10-15)21(24(29)25(27)30)23(28)20-13-16-5-2-3-8-19(16)32-20/h2-14,22,29H,1H3. The summed E-state index contributed by atoms with van der Waals surface area (Å²) in [6.45, 7) is 0. The number of fused-ring (bicyclic) bond motifs is 1. The predicted molar refractivity (Wildman–Crippen MR) is 118 cm³/mol. The molecule has 0 bridgehead atoms. The molecule has 0 saturated carbocycles. The molecule has 3 heterocycles. The maximum atomic E-state index is 13.5. The number of furan rings is 1. The number of hydrogen-bond donors (Lipinski definition) is 1. The normalized spacial score (nSPS) is 16.1. The number of carbonyl (C=O) groups excluding carboxylic acids is 2. The van der Waals surface area contributed by atoms with Gasteiger partial charge in [-0.15, -0.1) is 0 Å². The molecular formula is C25H18N2O5. The van der Waals surface area contributed by atoms with E-state index in [1.165, 1.54) is 12.0 Å². The van der Waals surface area contributed by atoms with Crippen molar-refractivity contribution in [2.45, 2.75) is 6.04 Å². The van der Waals surface area contributed by atoms with E-state index in [0.717, 1.165) is 5.39 Å². The summed E-state index contributed by atoms with van der Waals surface area (Å²) in [4.78, 5) is 32.1. The van der Waals surface area contributed by atoms with Crippen LogP contribution in [0.2, 0.25) is 0 Å². The lowest BCUT2D eigenvalue weighted by Crippen LogP contribution is -2.31. The van der Waals surface area contributed by atoms with E-state index in [4.69, 9.17) is 9.15 Å². The minimum absolute atomic E-state index is 0.0482. The fourth-order valence-electron chi connectivity index (χ4n) is 3.95. The molecule has 158 valence electrons. The summed E-state index contributed by atoms with van der Waals surface area (Å²) in [6, 6.07) is 18.3. The lowest BCUT2D eigenvalue weighted by Gasteiger charge is -2.26. The van der Waals surface area contributed by atoms with Crippen LogP contribution in [0, 0.1) is 0 Å². The Bertz CT molecular complexity index is 1340. The summed E-state index contributed by atoms with van der Waals surface area (Å²) in [7, 11) is 1.53. The third kappa shape index (κ3) is 3.11. The van der Waals surface area contributed by atoms with Gasteiger partial charge in [0.1, 0.15) is 11.3 Å². The Hall–Kier alpha value is -4.39. The zero-order valence-corrected chi connectivity index (χ0v) is 17.1. The van der Waals surface area contributed by atoms with Crippen LogP contribution in [0.4, 0.5) is 5.69 Å². The summed E-state index contributed by atoms with van der Waals surface area (Å²) in [5, 5.41) is 11.6. The van der Waals surface area contributed by atoms with E-state index in [9.17, 15) is 14.7 Å². The Balaban J connectivity index is 1.66. The number of pyridine rings is 1. The van der Waals surface area contributed by atoms with Crippen LogP contribution in [0.3, 0.4) is 0 Å². The fraction of sp³-hybridized carbons (Fsp3) is 0.0800. The Morgan fingerprint density at radius 3 is 2.59 bits per heavy atom. The summed E-state index contributed by atoms with van der Waals surface area (Å²) < 4.78 is 11.0. The van der Waals surface area contributed by atoms with Crippen molar-refractivity contribution < 1.29 is 23.8 Å². The Kier molecular flexibility index (Phi) is 4.71. The van der Waals surface area contributed by atoms with Gasteiger partial charge in [-0.1, -0.05) is 24.3 Å². The highest BCUT2D eigenvalue weighted by Gasteiger charge is 2.45. The molecule has 7 heteroatoms. The largest absolute Gasteiger partial charge is 0.503 e. The van der Waals surface area contributed by atoms with Crippen molar-refractivity contribution in [3.8, 4) is 5.75 Å². The summed E-state index contributed by atoms with van der Waals surface area (Å²) in [5.74, 6) is -1.26. The highest BCUT2D eigenvalue weighted by Crippen LogP contribution is 2.42. The number of carbonyl (C=O) groups is 2. The number of amides is 1. The zero-order valence-electron chi connectivity index (χ0n) is 17.1. The number of rotatable bonds is 5. The van der Waals surface area contributed by atoms with E-state index in [-0.39, 0.29) is 11.3 Å². The molecule has 2 aromatic heterocycles. The maximum absolute atomic E-state index is 13.5. The van der Waals surface area contributed by atoms with E-state index in [2.05, 4.69) is 4.98 Å². The van der Waals surface area contributed by atoms with Gasteiger partial charge in [0.15, 0.2) is 11.5 Å². The Labute approximate surface area is 183 Å². The average Bonchev–Trinajstić information content (AvgIpc) is 3.38. The lowest BCUT2D eigenvalue weighted by molar-refractivity contribution is -0.117. The molecule has 4 aromatic rings. The average molecular weight is 426 g/mol. The fourth-order valence-corrected chi connectivity index (χ4v) is 3.95. The maximum Gasteiger partial charge on any atom is 0.294 e. The molecule has 0 aliphatic carbocycles. The van der Waals surface area contributed by atoms with Crippen molar-refractivity contribution in [1.82, 2.24) is 4.98 Å². The van der Waals surface area contributed by atoms with Gasteiger partial charge in [0.05, 0.1) is 18.7 Å². The van der Waals surface area contributed by atoms with Gasteiger partial charge >= 0.3 is 0 Å². The van der Waals surface area contributed by atoms with Crippen LogP contribution >= 0.6 is 0 Å². The number of aliphatic hydroxyl groups is 1. The number of ketones is 1. The van der Waals surface area contributed by atoms with Crippen molar-refractivity contribution in [3.05, 3.63) is 102 Å². The van der Waals surface area contributed by atoms with Gasteiger partial charge in [0.2, 0.25) is 5.78 Å². The van der Waals surface area contributed by atoms with Crippen LogP contribution in [-0.2, 0) is 4.79 Å². The SMILES string of the molecule is COc1cccc(N2C(=O)C(O)=C(C(=O)c3cc4ccccc4o3)C2c2ccncc2)c1. The molecule has 0 saturated heterocycles. The number of aliphatic hydroxyl groups excluding tert-OH is 1. The quantitative estimate of drug-likeness (QED) is 0.468. The minimum Gasteiger partial charge on any atom is -0.503 e. The smallest absolute Gasteiger partial charge is 0.294 e. The number of aromatic nitrogens is 1. The van der Waals surface area contributed by atoms with Gasteiger partial charge in [0.25, 0.3) is 5.91 Å². The van der Waals surface area contributed by atoms with Gasteiger partial charge in [-0.25, -0.2) is 0 Å². The number of hydrogen-bond acceptors (Lipinski definition) is 6. The number of methoxy groups -OCH3 is 1. The van der Waals surface area contributed by atoms with Crippen molar-refractivity contribution in [2.24, 2.45) is 0 Å². The van der Waals surface area contributed by atoms with E-state index < -0.39 is 23.5 Å². The molecule has 1 N–H and O–H groups in total. The molecule has 0 spiro atoms. The van der Waals surface area contributed by atoms with E-state index in [0.29, 0.717) is 22.6 Å². The summed E-state index contributed by atoms with van der Waals surface area (Å²) in [5.41, 5.74) is 1.60. The van der Waals surface area contributed by atoms with E-state index in [1.54, 1.807) is 67.0 Å². The van der Waals surface area contributed by atoms with Gasteiger partial charge in [-0.2, -0.15) is 0 Å². The second-order valence-corrected chi connectivity index (χ2v) is 7.30. The Morgan fingerprint density at radius 2 is 1.84 bits per heavy atom. The Morgan fingerprint density at radius 1 is 1.06 bits per heavy atom. The van der Waals surface area contributed by atoms with Gasteiger partial charge in [0, 0.05) is 29.5 Å². The first-order chi connectivity index (χ1) is 15.6. The molecular weight excluding hydrogens is 408 g/mol. The van der Waals surface area contributed by atoms with Crippen LogP contribution in [0.5, 0.6) is 5.75 Å². The molecule has 1 aliphatic heterocycles. The number of para-hydroxylation sites is 1. The number of benzene rings is 2. The summed E-state index contributed by atoms with van der Waals surface area (Å²) >= 11 is 0. The van der Waals surface area contributed by atoms with E-state index >= 15 is 0 Å². The number of ether oxygens (including phenoxy) is 1. The van der Waals surface area contributed by atoms with Crippen LogP contribution < -0.4 is 9.64 Å². The van der Waals surface area contributed by atoms with Gasteiger partial charge in [-0.3, -0.25) is 19.5 Å². The first-order valence-corrected chi connectivity index (χ1v) is 9.92. The predicted octanol–water partition coefficient (Wildman–Crippen LogP) is 4.62. The molecule has 32 heavy (non-hydrogen) atoms. The number of anilines is 1. The first kappa shape index (κ1) is 19.6. The van der Waals surface area contributed by atoms with Crippen molar-refractivity contribution in [2.75, 3.05) is 12.0 Å². The molecule has 0 fully saturated rings. The third-order valence-corrected chi connectivity index (χ3v) is 5.46. The molecule has 1 aliphatic rings. The molecule has 1 amide bonds. The first-order valence-electron chi connectivity index (χ1n) is 9.92. The zero-order chi connectivity index (χ0) is 22.2. The number of nitrogens with zero attached hydrogens (tertiary/aromatic N) is 2. The highest BCUT2D eigenvalue weighted by atomic mass is 16.5. The monoisotopic (exact) mass is 426 g/mol. The third-order valence-electron chi connectivity index (χ3n) is 5.46. The van der Waals surface area contributed by atoms with Crippen LogP contribution in [0.1, 0.15) is 22.2 Å².